The normalized spacial score (nSPS) is 8.46. The molecule has 0 unspecified atom stereocenters. The van der Waals surface area contributed by atoms with Crippen molar-refractivity contribution in [3.63, 3.8) is 0 Å². The third kappa shape index (κ3) is 33.9. The minimum atomic E-state index is 1.15. The highest BCUT2D eigenvalue weighted by molar-refractivity contribution is 4.76. The van der Waals surface area contributed by atoms with E-state index in [1.165, 1.54) is 19.3 Å². The molecule has 0 aliphatic carbocycles. The van der Waals surface area contributed by atoms with Gasteiger partial charge >= 0.3 is 0 Å². The number of hydrogen-bond acceptors (Lipinski definition) is 1. The summed E-state index contributed by atoms with van der Waals surface area (Å²) in [6.07, 6.45) is 8.17. The molecule has 0 radical (unpaired) electrons. The highest BCUT2D eigenvalue weighted by Crippen LogP contribution is 1.94. The lowest BCUT2D eigenvalue weighted by atomic mass is 10.2. The second-order valence-corrected chi connectivity index (χ2v) is 2.17. The Bertz CT molecular complexity index is 67.5. The van der Waals surface area contributed by atoms with Gasteiger partial charge in [-0.15, -0.1) is 0 Å². The molecule has 0 saturated heterocycles. The van der Waals surface area contributed by atoms with E-state index >= 15 is 0 Å². The Balaban J connectivity index is -0.000000218. The lowest BCUT2D eigenvalue weighted by Gasteiger charge is -1.94. The first-order chi connectivity index (χ1) is 6.41. The number of unbranched alkanes of at least 4 members (excludes halogenated alkanes) is 2. The Kier molecular flexibility index (Phi) is 42.4. The second-order valence-electron chi connectivity index (χ2n) is 2.17. The van der Waals surface area contributed by atoms with Gasteiger partial charge in [-0.2, -0.15) is 0 Å². The summed E-state index contributed by atoms with van der Waals surface area (Å²) in [7, 11) is 2.00. The van der Waals surface area contributed by atoms with Crippen LogP contribution in [0.4, 0.5) is 0 Å². The van der Waals surface area contributed by atoms with E-state index in [0.717, 1.165) is 6.54 Å². The highest BCUT2D eigenvalue weighted by Gasteiger charge is 1.81. The van der Waals surface area contributed by atoms with Gasteiger partial charge in [0.15, 0.2) is 0 Å². The summed E-state index contributed by atoms with van der Waals surface area (Å²) in [4.78, 5) is 0. The van der Waals surface area contributed by atoms with Gasteiger partial charge in [0.1, 0.15) is 0 Å². The van der Waals surface area contributed by atoms with E-state index in [0.29, 0.717) is 0 Å². The average Bonchev–Trinajstić information content (AvgIpc) is 2.24. The Morgan fingerprint density at radius 1 is 1.00 bits per heavy atom. The van der Waals surface area contributed by atoms with E-state index in [2.05, 4.69) is 24.4 Å². The quantitative estimate of drug-likeness (QED) is 0.506. The van der Waals surface area contributed by atoms with Crippen LogP contribution in [0.3, 0.4) is 0 Å². The van der Waals surface area contributed by atoms with Crippen molar-refractivity contribution in [1.29, 1.82) is 0 Å². The average molecular weight is 187 g/mol. The fourth-order valence-corrected chi connectivity index (χ4v) is 0.731. The van der Waals surface area contributed by atoms with Gasteiger partial charge in [-0.1, -0.05) is 39.8 Å². The van der Waals surface area contributed by atoms with Crippen molar-refractivity contribution >= 4 is 0 Å². The van der Waals surface area contributed by atoms with E-state index in [4.69, 9.17) is 0 Å². The summed E-state index contributed by atoms with van der Waals surface area (Å²) in [6, 6.07) is 0. The van der Waals surface area contributed by atoms with Gasteiger partial charge in [-0.3, -0.25) is 0 Å². The lowest BCUT2D eigenvalue weighted by Crippen LogP contribution is -2.06. The molecule has 82 valence electrons. The van der Waals surface area contributed by atoms with Crippen molar-refractivity contribution in [2.45, 2.75) is 53.9 Å². The summed E-state index contributed by atoms with van der Waals surface area (Å²) >= 11 is 0. The summed E-state index contributed by atoms with van der Waals surface area (Å²) in [6.45, 7) is 11.2. The highest BCUT2D eigenvalue weighted by atomic mass is 14.8. The smallest absolute Gasteiger partial charge is 0.00518 e. The maximum atomic E-state index is 3.12. The van der Waals surface area contributed by atoms with Crippen LogP contribution in [-0.2, 0) is 0 Å². The number of hydrogen-bond donors (Lipinski definition) is 1. The predicted molar refractivity (Wildman–Crippen MR) is 65.3 cm³/mol. The van der Waals surface area contributed by atoms with Gasteiger partial charge in [-0.05, 0) is 39.8 Å². The minimum absolute atomic E-state index is 1.15. The summed E-state index contributed by atoms with van der Waals surface area (Å²) < 4.78 is 0. The van der Waals surface area contributed by atoms with Crippen molar-refractivity contribution in [1.82, 2.24) is 5.32 Å². The van der Waals surface area contributed by atoms with E-state index in [9.17, 15) is 0 Å². The summed E-state index contributed by atoms with van der Waals surface area (Å²) in [5, 5.41) is 3.12. The zero-order valence-corrected chi connectivity index (χ0v) is 10.5. The fourth-order valence-electron chi connectivity index (χ4n) is 0.731. The van der Waals surface area contributed by atoms with Crippen molar-refractivity contribution in [3.8, 4) is 0 Å². The molecule has 13 heavy (non-hydrogen) atoms. The summed E-state index contributed by atoms with van der Waals surface area (Å²) in [5.74, 6) is 0. The zero-order chi connectivity index (χ0) is 10.9. The van der Waals surface area contributed by atoms with Crippen LogP contribution in [0, 0.1) is 0 Å². The number of allylic oxidation sites excluding steroid dienone is 2. The van der Waals surface area contributed by atoms with E-state index < -0.39 is 0 Å². The number of rotatable bonds is 5. The third-order valence-electron chi connectivity index (χ3n) is 1.28. The molecule has 1 nitrogen and oxygen atoms in total. The monoisotopic (exact) mass is 187 g/mol. The molecule has 0 bridgehead atoms. The fraction of sp³-hybridized carbons (Fsp3) is 0.833. The van der Waals surface area contributed by atoms with Crippen LogP contribution in [0.25, 0.3) is 0 Å². The standard InChI is InChI=1S/C8H17N.2C2H6/c1-3-4-5-6-7-8-9-2;2*1-2/h3-4,9H,5-8H2,1-2H3;2*1-2H3/b4-3-;;. The van der Waals surface area contributed by atoms with Gasteiger partial charge in [-0.25, -0.2) is 0 Å². The van der Waals surface area contributed by atoms with E-state index in [-0.39, 0.29) is 0 Å². The molecule has 0 rings (SSSR count). The lowest BCUT2D eigenvalue weighted by molar-refractivity contribution is 0.684. The maximum Gasteiger partial charge on any atom is -0.00518 e. The molecule has 0 amide bonds. The molecular weight excluding hydrogens is 158 g/mol. The maximum absolute atomic E-state index is 3.12. The Morgan fingerprint density at radius 2 is 1.54 bits per heavy atom. The first kappa shape index (κ1) is 18.5. The SMILES string of the molecule is C/C=C\CCCCNC.CC.CC. The minimum Gasteiger partial charge on any atom is -0.320 e. The molecule has 0 aromatic heterocycles. The largest absolute Gasteiger partial charge is 0.320 e. The van der Waals surface area contributed by atoms with Crippen molar-refractivity contribution < 1.29 is 0 Å². The molecule has 0 fully saturated rings. The van der Waals surface area contributed by atoms with E-state index in [1.807, 2.05) is 34.7 Å². The van der Waals surface area contributed by atoms with Gasteiger partial charge in [0.05, 0.1) is 0 Å². The van der Waals surface area contributed by atoms with Gasteiger partial charge < -0.3 is 5.32 Å². The number of nitrogens with one attached hydrogen (secondary N) is 1. The van der Waals surface area contributed by atoms with Crippen molar-refractivity contribution in [2.75, 3.05) is 13.6 Å². The topological polar surface area (TPSA) is 12.0 Å². The van der Waals surface area contributed by atoms with Gasteiger partial charge in [0.2, 0.25) is 0 Å². The van der Waals surface area contributed by atoms with Crippen molar-refractivity contribution in [3.05, 3.63) is 12.2 Å². The first-order valence-electron chi connectivity index (χ1n) is 5.67. The van der Waals surface area contributed by atoms with Crippen LogP contribution in [-0.4, -0.2) is 13.6 Å². The Labute approximate surface area is 85.6 Å². The molecular formula is C12H29N. The molecule has 0 atom stereocenters. The Morgan fingerprint density at radius 3 is 1.92 bits per heavy atom. The van der Waals surface area contributed by atoms with Crippen LogP contribution >= 0.6 is 0 Å². The van der Waals surface area contributed by atoms with Crippen LogP contribution in [0.5, 0.6) is 0 Å². The molecule has 0 aromatic rings. The predicted octanol–water partition coefficient (Wildman–Crippen LogP) is 4.00. The third-order valence-corrected chi connectivity index (χ3v) is 1.28. The molecule has 0 aromatic carbocycles. The van der Waals surface area contributed by atoms with Crippen LogP contribution in [0.2, 0.25) is 0 Å². The molecule has 0 spiro atoms. The van der Waals surface area contributed by atoms with Crippen molar-refractivity contribution in [2.24, 2.45) is 0 Å². The van der Waals surface area contributed by atoms with Gasteiger partial charge in [0, 0.05) is 0 Å². The molecule has 0 aliphatic rings. The van der Waals surface area contributed by atoms with Crippen LogP contribution in [0.1, 0.15) is 53.9 Å². The van der Waals surface area contributed by atoms with E-state index in [1.54, 1.807) is 0 Å². The van der Waals surface area contributed by atoms with Crippen LogP contribution < -0.4 is 5.32 Å². The zero-order valence-electron chi connectivity index (χ0n) is 10.5. The summed E-state index contributed by atoms with van der Waals surface area (Å²) in [5.41, 5.74) is 0. The molecule has 0 aliphatic heterocycles. The first-order valence-corrected chi connectivity index (χ1v) is 5.67. The van der Waals surface area contributed by atoms with Gasteiger partial charge in [0.25, 0.3) is 0 Å². The molecule has 0 saturated carbocycles. The Hall–Kier alpha value is -0.300. The molecule has 1 N–H and O–H groups in total. The molecule has 1 heteroatoms. The van der Waals surface area contributed by atoms with Crippen LogP contribution in [0.15, 0.2) is 12.2 Å². The second kappa shape index (κ2) is 29.8. The molecule has 0 heterocycles.